The van der Waals surface area contributed by atoms with E-state index >= 15 is 0 Å². The van der Waals surface area contributed by atoms with Crippen molar-refractivity contribution in [3.8, 4) is 51.2 Å². The third-order valence-corrected chi connectivity index (χ3v) is 5.79. The van der Waals surface area contributed by atoms with Gasteiger partial charge >= 0.3 is 0 Å². The molecule has 34 heavy (non-hydrogen) atoms. The summed E-state index contributed by atoms with van der Waals surface area (Å²) in [5.41, 5.74) is 4.22. The number of hydrogen-bond donors (Lipinski definition) is 5. The van der Waals surface area contributed by atoms with E-state index in [1.807, 2.05) is 12.1 Å². The summed E-state index contributed by atoms with van der Waals surface area (Å²) in [7, 11) is 0. The van der Waals surface area contributed by atoms with Crippen LogP contribution in [-0.2, 0) is 12.8 Å². The van der Waals surface area contributed by atoms with Gasteiger partial charge in [-0.1, -0.05) is 12.1 Å². The summed E-state index contributed by atoms with van der Waals surface area (Å²) in [4.78, 5) is 0. The quantitative estimate of drug-likeness (QED) is 0.220. The molecule has 1 heterocycles. The first-order valence-corrected chi connectivity index (χ1v) is 10.8. The van der Waals surface area contributed by atoms with Crippen LogP contribution in [-0.4, -0.2) is 25.5 Å². The van der Waals surface area contributed by atoms with Crippen molar-refractivity contribution in [1.29, 1.82) is 0 Å². The van der Waals surface area contributed by atoms with Crippen molar-refractivity contribution in [2.24, 2.45) is 0 Å². The lowest BCUT2D eigenvalue weighted by atomic mass is 9.96. The fourth-order valence-corrected chi connectivity index (χ4v) is 4.22. The van der Waals surface area contributed by atoms with E-state index in [1.54, 1.807) is 48.5 Å². The molecule has 0 saturated heterocycles. The number of benzene rings is 4. The maximum atomic E-state index is 10.5. The summed E-state index contributed by atoms with van der Waals surface area (Å²) in [5, 5.41) is 50.6. The normalized spacial score (nSPS) is 11.2. The minimum Gasteiger partial charge on any atom is -0.508 e. The highest BCUT2D eigenvalue weighted by atomic mass is 16.3. The van der Waals surface area contributed by atoms with Crippen molar-refractivity contribution in [2.45, 2.75) is 12.8 Å². The van der Waals surface area contributed by atoms with Crippen molar-refractivity contribution >= 4 is 11.0 Å². The SMILES string of the molecule is Oc1ccc(CCc2cc(O)cc3c(-c4cc(O)cc(O)c4)c(-c4ccc(O)cc4)oc23)cc1. The van der Waals surface area contributed by atoms with Gasteiger partial charge in [0.05, 0.1) is 0 Å². The lowest BCUT2D eigenvalue weighted by Crippen LogP contribution is -1.92. The van der Waals surface area contributed by atoms with Crippen LogP contribution in [0.1, 0.15) is 11.1 Å². The number of furan rings is 1. The summed E-state index contributed by atoms with van der Waals surface area (Å²) in [6, 6.07) is 21.1. The number of aryl methyl sites for hydroxylation is 2. The average Bonchev–Trinajstić information content (AvgIpc) is 3.17. The second kappa shape index (κ2) is 8.41. The second-order valence-corrected chi connectivity index (χ2v) is 8.24. The Hall–Kier alpha value is -4.58. The van der Waals surface area contributed by atoms with Crippen LogP contribution in [0.5, 0.6) is 28.7 Å². The van der Waals surface area contributed by atoms with Crippen molar-refractivity contribution < 1.29 is 29.9 Å². The van der Waals surface area contributed by atoms with E-state index in [0.717, 1.165) is 11.1 Å². The van der Waals surface area contributed by atoms with Crippen molar-refractivity contribution in [3.05, 3.63) is 90.0 Å². The molecule has 0 amide bonds. The van der Waals surface area contributed by atoms with Gasteiger partial charge in [-0.2, -0.15) is 0 Å². The van der Waals surface area contributed by atoms with Crippen molar-refractivity contribution in [1.82, 2.24) is 0 Å². The number of fused-ring (bicyclic) bond motifs is 1. The van der Waals surface area contributed by atoms with Crippen LogP contribution in [0.25, 0.3) is 33.4 Å². The Kier molecular flexibility index (Phi) is 5.26. The van der Waals surface area contributed by atoms with Crippen LogP contribution in [0, 0.1) is 0 Å². The lowest BCUT2D eigenvalue weighted by Gasteiger charge is -2.07. The van der Waals surface area contributed by atoms with Crippen LogP contribution in [0.3, 0.4) is 0 Å². The van der Waals surface area contributed by atoms with Gasteiger partial charge in [0.1, 0.15) is 40.1 Å². The molecule has 5 aromatic rings. The van der Waals surface area contributed by atoms with E-state index in [0.29, 0.717) is 46.3 Å². The molecule has 170 valence electrons. The van der Waals surface area contributed by atoms with E-state index in [4.69, 9.17) is 4.42 Å². The molecule has 6 nitrogen and oxygen atoms in total. The van der Waals surface area contributed by atoms with Gasteiger partial charge in [-0.15, -0.1) is 0 Å². The van der Waals surface area contributed by atoms with Gasteiger partial charge in [-0.25, -0.2) is 0 Å². The monoisotopic (exact) mass is 454 g/mol. The predicted molar refractivity (Wildman–Crippen MR) is 129 cm³/mol. The van der Waals surface area contributed by atoms with Gasteiger partial charge in [-0.3, -0.25) is 0 Å². The Bertz CT molecular complexity index is 1460. The van der Waals surface area contributed by atoms with Crippen molar-refractivity contribution in [2.75, 3.05) is 0 Å². The van der Waals surface area contributed by atoms with Crippen LogP contribution < -0.4 is 0 Å². The van der Waals surface area contributed by atoms with E-state index in [-0.39, 0.29) is 28.7 Å². The summed E-state index contributed by atoms with van der Waals surface area (Å²) in [6.07, 6.45) is 1.24. The van der Waals surface area contributed by atoms with Gasteiger partial charge in [0.2, 0.25) is 0 Å². The molecular weight excluding hydrogens is 432 g/mol. The molecule has 0 spiro atoms. The van der Waals surface area contributed by atoms with Crippen LogP contribution in [0.4, 0.5) is 0 Å². The Labute approximate surface area is 195 Å². The zero-order valence-corrected chi connectivity index (χ0v) is 18.1. The molecule has 0 aliphatic heterocycles. The summed E-state index contributed by atoms with van der Waals surface area (Å²) in [5.74, 6) is 0.659. The van der Waals surface area contributed by atoms with Crippen LogP contribution >= 0.6 is 0 Å². The molecule has 5 N–H and O–H groups in total. The third kappa shape index (κ3) is 4.09. The average molecular weight is 454 g/mol. The van der Waals surface area contributed by atoms with Gasteiger partial charge in [0, 0.05) is 22.6 Å². The highest BCUT2D eigenvalue weighted by Crippen LogP contribution is 2.45. The molecule has 0 saturated carbocycles. The molecule has 0 aliphatic rings. The molecule has 1 aromatic heterocycles. The summed E-state index contributed by atoms with van der Waals surface area (Å²) < 4.78 is 6.36. The molecule has 0 bridgehead atoms. The number of phenolic OH excluding ortho intramolecular Hbond substituents is 5. The Morgan fingerprint density at radius 2 is 1.12 bits per heavy atom. The van der Waals surface area contributed by atoms with Crippen LogP contribution in [0.2, 0.25) is 0 Å². The van der Waals surface area contributed by atoms with Gasteiger partial charge < -0.3 is 29.9 Å². The maximum absolute atomic E-state index is 10.5. The number of rotatable bonds is 5. The topological polar surface area (TPSA) is 114 Å². The first-order chi connectivity index (χ1) is 16.4. The van der Waals surface area contributed by atoms with E-state index in [1.165, 1.54) is 18.2 Å². The molecule has 6 heteroatoms. The largest absolute Gasteiger partial charge is 0.508 e. The van der Waals surface area contributed by atoms with E-state index < -0.39 is 0 Å². The van der Waals surface area contributed by atoms with Crippen LogP contribution in [0.15, 0.2) is 83.3 Å². The van der Waals surface area contributed by atoms with E-state index in [9.17, 15) is 25.5 Å². The number of aromatic hydroxyl groups is 5. The zero-order chi connectivity index (χ0) is 23.8. The predicted octanol–water partition coefficient (Wildman–Crippen LogP) is 6.08. The highest BCUT2D eigenvalue weighted by Gasteiger charge is 2.22. The fraction of sp³-hybridized carbons (Fsp3) is 0.0714. The zero-order valence-electron chi connectivity index (χ0n) is 18.1. The Morgan fingerprint density at radius 3 is 1.76 bits per heavy atom. The molecule has 0 aliphatic carbocycles. The number of hydrogen-bond acceptors (Lipinski definition) is 6. The molecule has 0 unspecified atom stereocenters. The molecule has 0 atom stereocenters. The minimum absolute atomic E-state index is 0.0666. The number of phenols is 5. The molecular formula is C28H22O6. The maximum Gasteiger partial charge on any atom is 0.143 e. The summed E-state index contributed by atoms with van der Waals surface area (Å²) >= 11 is 0. The first-order valence-electron chi connectivity index (χ1n) is 10.8. The highest BCUT2D eigenvalue weighted by molar-refractivity contribution is 6.03. The molecule has 4 aromatic carbocycles. The summed E-state index contributed by atoms with van der Waals surface area (Å²) in [6.45, 7) is 0. The van der Waals surface area contributed by atoms with Crippen molar-refractivity contribution in [3.63, 3.8) is 0 Å². The Morgan fingerprint density at radius 1 is 0.529 bits per heavy atom. The van der Waals surface area contributed by atoms with E-state index in [2.05, 4.69) is 0 Å². The van der Waals surface area contributed by atoms with Gasteiger partial charge in [-0.05, 0) is 90.2 Å². The Balaban J connectivity index is 1.70. The molecule has 0 fully saturated rings. The lowest BCUT2D eigenvalue weighted by molar-refractivity contribution is 0.451. The fourth-order valence-electron chi connectivity index (χ4n) is 4.22. The molecule has 0 radical (unpaired) electrons. The first kappa shape index (κ1) is 21.3. The standard InChI is InChI=1S/C28H22O6/c29-20-7-2-16(3-8-20)1-4-18-11-24(33)15-25-26(19-12-22(31)14-23(32)13-19)28(34-27(18)25)17-5-9-21(30)10-6-17/h2-3,5-15,29-33H,1,4H2. The van der Waals surface area contributed by atoms with Gasteiger partial charge in [0.15, 0.2) is 0 Å². The second-order valence-electron chi connectivity index (χ2n) is 8.24. The minimum atomic E-state index is -0.103. The van der Waals surface area contributed by atoms with Gasteiger partial charge in [0.25, 0.3) is 0 Å². The smallest absolute Gasteiger partial charge is 0.143 e. The third-order valence-electron chi connectivity index (χ3n) is 5.79. The molecule has 5 rings (SSSR count).